The van der Waals surface area contributed by atoms with Gasteiger partial charge in [-0.1, -0.05) is 36.8 Å². The minimum atomic E-state index is -0.517. The molecule has 0 fully saturated rings. The van der Waals surface area contributed by atoms with Crippen LogP contribution in [0.25, 0.3) is 0 Å². The second-order valence-corrected chi connectivity index (χ2v) is 5.27. The Morgan fingerprint density at radius 2 is 1.57 bits per heavy atom. The molecule has 2 unspecified atom stereocenters. The van der Waals surface area contributed by atoms with Crippen LogP contribution < -0.4 is 17.2 Å². The fourth-order valence-corrected chi connectivity index (χ4v) is 2.37. The highest BCUT2D eigenvalue weighted by Crippen LogP contribution is 2.25. The summed E-state index contributed by atoms with van der Waals surface area (Å²) in [5, 5.41) is 0. The monoisotopic (exact) mass is 292 g/mol. The number of rotatable bonds is 8. The van der Waals surface area contributed by atoms with Crippen LogP contribution in [0.1, 0.15) is 30.5 Å². The Balaban J connectivity index is 3.15. The van der Waals surface area contributed by atoms with Gasteiger partial charge in [-0.25, -0.2) is 0 Å². The Bertz CT molecular complexity index is 471. The van der Waals surface area contributed by atoms with Crippen molar-refractivity contribution in [1.29, 1.82) is 0 Å². The zero-order valence-electron chi connectivity index (χ0n) is 12.6. The number of amides is 2. The molecule has 21 heavy (non-hydrogen) atoms. The van der Waals surface area contributed by atoms with E-state index < -0.39 is 11.8 Å². The van der Waals surface area contributed by atoms with E-state index in [1.54, 1.807) is 4.90 Å². The molecule has 0 aliphatic heterocycles. The number of carbonyl (C=O) groups is 2. The van der Waals surface area contributed by atoms with Gasteiger partial charge in [0.25, 0.3) is 0 Å². The molecule has 6 heteroatoms. The number of benzene rings is 1. The Labute approximate surface area is 125 Å². The number of aryl methyl sites for hydroxylation is 1. The maximum absolute atomic E-state index is 11.3. The van der Waals surface area contributed by atoms with Gasteiger partial charge in [-0.15, -0.1) is 0 Å². The van der Waals surface area contributed by atoms with Crippen molar-refractivity contribution in [2.45, 2.75) is 32.4 Å². The average Bonchev–Trinajstić information content (AvgIpc) is 2.39. The van der Waals surface area contributed by atoms with Crippen LogP contribution in [0.15, 0.2) is 24.3 Å². The zero-order chi connectivity index (χ0) is 16.0. The number of nitrogens with two attached hydrogens (primary N) is 3. The summed E-state index contributed by atoms with van der Waals surface area (Å²) < 4.78 is 0. The molecule has 6 nitrogen and oxygen atoms in total. The predicted molar refractivity (Wildman–Crippen MR) is 82.1 cm³/mol. The summed E-state index contributed by atoms with van der Waals surface area (Å²) in [4.78, 5) is 24.2. The number of primary amides is 2. The second kappa shape index (κ2) is 7.75. The molecule has 1 rings (SSSR count). The van der Waals surface area contributed by atoms with Gasteiger partial charge in [0, 0.05) is 6.04 Å². The Morgan fingerprint density at radius 1 is 1.10 bits per heavy atom. The van der Waals surface area contributed by atoms with E-state index in [1.807, 2.05) is 38.1 Å². The van der Waals surface area contributed by atoms with E-state index >= 15 is 0 Å². The molecular weight excluding hydrogens is 268 g/mol. The predicted octanol–water partition coefficient (Wildman–Crippen LogP) is 0.0460. The lowest BCUT2D eigenvalue weighted by molar-refractivity contribution is -0.123. The van der Waals surface area contributed by atoms with Gasteiger partial charge in [0.1, 0.15) is 0 Å². The van der Waals surface area contributed by atoms with Gasteiger partial charge in [0.15, 0.2) is 0 Å². The van der Waals surface area contributed by atoms with Crippen LogP contribution in [-0.2, 0) is 9.59 Å². The van der Waals surface area contributed by atoms with Crippen molar-refractivity contribution in [3.05, 3.63) is 35.4 Å². The van der Waals surface area contributed by atoms with Crippen LogP contribution >= 0.6 is 0 Å². The first-order valence-electron chi connectivity index (χ1n) is 6.98. The molecule has 2 atom stereocenters. The first-order valence-corrected chi connectivity index (χ1v) is 6.98. The Hall–Kier alpha value is -1.92. The van der Waals surface area contributed by atoms with Crippen molar-refractivity contribution in [3.63, 3.8) is 0 Å². The number of carbonyl (C=O) groups excluding carboxylic acids is 2. The number of nitrogens with zero attached hydrogens (tertiary/aromatic N) is 1. The third-order valence-electron chi connectivity index (χ3n) is 3.41. The SMILES string of the molecule is CCC(N)C(c1ccc(C)cc1)N(CC(N)=O)CC(N)=O. The van der Waals surface area contributed by atoms with Gasteiger partial charge in [0.2, 0.25) is 11.8 Å². The van der Waals surface area contributed by atoms with E-state index in [0.29, 0.717) is 6.42 Å². The van der Waals surface area contributed by atoms with Crippen LogP contribution in [0.5, 0.6) is 0 Å². The van der Waals surface area contributed by atoms with Crippen LogP contribution in [0.2, 0.25) is 0 Å². The number of hydrogen-bond acceptors (Lipinski definition) is 4. The molecule has 0 aliphatic rings. The summed E-state index contributed by atoms with van der Waals surface area (Å²) in [6.45, 7) is 3.83. The summed E-state index contributed by atoms with van der Waals surface area (Å²) in [7, 11) is 0. The highest BCUT2D eigenvalue weighted by Gasteiger charge is 2.27. The van der Waals surface area contributed by atoms with Gasteiger partial charge in [-0.05, 0) is 18.9 Å². The van der Waals surface area contributed by atoms with Gasteiger partial charge in [0.05, 0.1) is 19.1 Å². The largest absolute Gasteiger partial charge is 0.369 e. The zero-order valence-corrected chi connectivity index (χ0v) is 12.6. The van der Waals surface area contributed by atoms with E-state index in [0.717, 1.165) is 11.1 Å². The van der Waals surface area contributed by atoms with E-state index in [4.69, 9.17) is 17.2 Å². The normalized spacial score (nSPS) is 13.9. The van der Waals surface area contributed by atoms with Crippen molar-refractivity contribution < 1.29 is 9.59 Å². The summed E-state index contributed by atoms with van der Waals surface area (Å²) >= 11 is 0. The summed E-state index contributed by atoms with van der Waals surface area (Å²) in [5.41, 5.74) is 18.8. The fourth-order valence-electron chi connectivity index (χ4n) is 2.37. The molecule has 116 valence electrons. The fraction of sp³-hybridized carbons (Fsp3) is 0.467. The van der Waals surface area contributed by atoms with Crippen LogP contribution in [-0.4, -0.2) is 35.8 Å². The third-order valence-corrected chi connectivity index (χ3v) is 3.41. The minimum Gasteiger partial charge on any atom is -0.369 e. The molecule has 0 spiro atoms. The standard InChI is InChI=1S/C15H24N4O2/c1-3-12(16)15(11-6-4-10(2)5-7-11)19(8-13(17)20)9-14(18)21/h4-7,12,15H,3,8-9,16H2,1-2H3,(H2,17,20)(H2,18,21). The molecule has 0 saturated carbocycles. The van der Waals surface area contributed by atoms with Gasteiger partial charge >= 0.3 is 0 Å². The smallest absolute Gasteiger partial charge is 0.231 e. The van der Waals surface area contributed by atoms with Crippen LogP contribution in [0, 0.1) is 6.92 Å². The Kier molecular flexibility index (Phi) is 6.33. The molecule has 0 saturated heterocycles. The molecule has 0 aliphatic carbocycles. The van der Waals surface area contributed by atoms with Gasteiger partial charge in [-0.2, -0.15) is 0 Å². The van der Waals surface area contributed by atoms with Crippen molar-refractivity contribution in [2.75, 3.05) is 13.1 Å². The van der Waals surface area contributed by atoms with Crippen molar-refractivity contribution >= 4 is 11.8 Å². The van der Waals surface area contributed by atoms with Crippen LogP contribution in [0.4, 0.5) is 0 Å². The molecule has 2 amide bonds. The van der Waals surface area contributed by atoms with E-state index in [1.165, 1.54) is 0 Å². The summed E-state index contributed by atoms with van der Waals surface area (Å²) in [6.07, 6.45) is 0.701. The first kappa shape index (κ1) is 17.1. The molecular formula is C15H24N4O2. The summed E-state index contributed by atoms with van der Waals surface area (Å²) in [6, 6.07) is 7.33. The first-order chi connectivity index (χ1) is 9.85. The Morgan fingerprint density at radius 3 is 1.95 bits per heavy atom. The quantitative estimate of drug-likeness (QED) is 0.627. The lowest BCUT2D eigenvalue weighted by Crippen LogP contribution is -2.47. The van der Waals surface area contributed by atoms with E-state index in [-0.39, 0.29) is 25.2 Å². The highest BCUT2D eigenvalue weighted by molar-refractivity contribution is 5.79. The summed E-state index contributed by atoms with van der Waals surface area (Å²) in [5.74, 6) is -1.03. The molecule has 6 N–H and O–H groups in total. The third kappa shape index (κ3) is 5.17. The van der Waals surface area contributed by atoms with E-state index in [2.05, 4.69) is 0 Å². The second-order valence-electron chi connectivity index (χ2n) is 5.27. The van der Waals surface area contributed by atoms with E-state index in [9.17, 15) is 9.59 Å². The van der Waals surface area contributed by atoms with Crippen molar-refractivity contribution in [2.24, 2.45) is 17.2 Å². The minimum absolute atomic E-state index is 0.0603. The van der Waals surface area contributed by atoms with Crippen molar-refractivity contribution in [3.8, 4) is 0 Å². The topological polar surface area (TPSA) is 115 Å². The molecule has 0 bridgehead atoms. The maximum atomic E-state index is 11.3. The molecule has 1 aromatic carbocycles. The van der Waals surface area contributed by atoms with Gasteiger partial charge in [-0.3, -0.25) is 14.5 Å². The van der Waals surface area contributed by atoms with Crippen LogP contribution in [0.3, 0.4) is 0 Å². The van der Waals surface area contributed by atoms with Crippen molar-refractivity contribution in [1.82, 2.24) is 4.90 Å². The lowest BCUT2D eigenvalue weighted by atomic mass is 9.95. The average molecular weight is 292 g/mol. The van der Waals surface area contributed by atoms with Gasteiger partial charge < -0.3 is 17.2 Å². The molecule has 0 aromatic heterocycles. The molecule has 1 aromatic rings. The molecule has 0 heterocycles. The number of hydrogen-bond donors (Lipinski definition) is 3. The lowest BCUT2D eigenvalue weighted by Gasteiger charge is -2.34. The molecule has 0 radical (unpaired) electrons. The highest BCUT2D eigenvalue weighted by atomic mass is 16.2. The maximum Gasteiger partial charge on any atom is 0.231 e.